The van der Waals surface area contributed by atoms with Crippen molar-refractivity contribution in [2.75, 3.05) is 11.4 Å². The van der Waals surface area contributed by atoms with Crippen LogP contribution in [0.25, 0.3) is 22.0 Å². The number of fused-ring (bicyclic) bond motifs is 2. The van der Waals surface area contributed by atoms with Crippen LogP contribution in [-0.2, 0) is 6.42 Å². The van der Waals surface area contributed by atoms with E-state index in [0.29, 0.717) is 5.52 Å². The van der Waals surface area contributed by atoms with E-state index in [2.05, 4.69) is 37.9 Å². The van der Waals surface area contributed by atoms with Crippen LogP contribution in [0, 0.1) is 5.82 Å². The molecule has 1 N–H and O–H groups in total. The highest BCUT2D eigenvalue weighted by Gasteiger charge is 2.22. The van der Waals surface area contributed by atoms with Crippen molar-refractivity contribution in [1.29, 1.82) is 0 Å². The van der Waals surface area contributed by atoms with E-state index in [0.717, 1.165) is 51.7 Å². The number of halogens is 2. The lowest BCUT2D eigenvalue weighted by molar-refractivity contribution is 0.0691. The summed E-state index contributed by atoms with van der Waals surface area (Å²) in [6.45, 7) is 0.826. The van der Waals surface area contributed by atoms with Gasteiger partial charge in [-0.25, -0.2) is 14.2 Å². The highest BCUT2D eigenvalue weighted by atomic mass is 79.9. The van der Waals surface area contributed by atoms with Crippen molar-refractivity contribution in [1.82, 2.24) is 4.98 Å². The number of benzene rings is 3. The number of hydrogen-bond acceptors (Lipinski definition) is 3. The molecule has 0 saturated heterocycles. The van der Waals surface area contributed by atoms with Gasteiger partial charge in [0.05, 0.1) is 11.2 Å². The third kappa shape index (κ3) is 3.68. The predicted octanol–water partition coefficient (Wildman–Crippen LogP) is 6.59. The fourth-order valence-corrected chi connectivity index (χ4v) is 4.59. The molecule has 0 atom stereocenters. The lowest BCUT2D eigenvalue weighted by Crippen LogP contribution is -2.25. The zero-order chi connectivity index (χ0) is 21.5. The number of pyridine rings is 1. The van der Waals surface area contributed by atoms with Crippen LogP contribution >= 0.6 is 15.9 Å². The van der Waals surface area contributed by atoms with Gasteiger partial charge in [-0.2, -0.15) is 0 Å². The van der Waals surface area contributed by atoms with Crippen molar-refractivity contribution in [3.63, 3.8) is 0 Å². The first-order valence-corrected chi connectivity index (χ1v) is 10.8. The largest absolute Gasteiger partial charge is 0.477 e. The van der Waals surface area contributed by atoms with Crippen LogP contribution in [0.5, 0.6) is 0 Å². The summed E-state index contributed by atoms with van der Waals surface area (Å²) < 4.78 is 14.6. The Morgan fingerprint density at radius 2 is 1.81 bits per heavy atom. The topological polar surface area (TPSA) is 53.4 Å². The Morgan fingerprint density at radius 1 is 1.00 bits per heavy atom. The van der Waals surface area contributed by atoms with E-state index in [9.17, 15) is 14.3 Å². The van der Waals surface area contributed by atoms with Gasteiger partial charge in [-0.05, 0) is 72.5 Å². The highest BCUT2D eigenvalue weighted by Crippen LogP contribution is 2.41. The minimum absolute atomic E-state index is 0.0101. The van der Waals surface area contributed by atoms with Crippen molar-refractivity contribution in [2.24, 2.45) is 0 Å². The highest BCUT2D eigenvalue weighted by molar-refractivity contribution is 9.10. The van der Waals surface area contributed by atoms with Gasteiger partial charge in [0.25, 0.3) is 0 Å². The van der Waals surface area contributed by atoms with Gasteiger partial charge in [-0.15, -0.1) is 0 Å². The van der Waals surface area contributed by atoms with Gasteiger partial charge in [-0.3, -0.25) is 0 Å². The molecule has 1 aliphatic rings. The molecular weight excluding hydrogens is 459 g/mol. The number of aryl methyl sites for hydroxylation is 1. The molecule has 6 heteroatoms. The summed E-state index contributed by atoms with van der Waals surface area (Å²) >= 11 is 3.56. The molecule has 0 bridgehead atoms. The van der Waals surface area contributed by atoms with E-state index in [1.807, 2.05) is 18.2 Å². The fourth-order valence-electron chi connectivity index (χ4n) is 4.18. The molecule has 0 fully saturated rings. The van der Waals surface area contributed by atoms with E-state index >= 15 is 0 Å². The lowest BCUT2D eigenvalue weighted by atomic mass is 9.96. The molecule has 4 aromatic rings. The Kier molecular flexibility index (Phi) is 4.94. The summed E-state index contributed by atoms with van der Waals surface area (Å²) in [5.41, 5.74) is 5.76. The van der Waals surface area contributed by atoms with Gasteiger partial charge in [0.1, 0.15) is 11.5 Å². The van der Waals surface area contributed by atoms with Gasteiger partial charge in [0.15, 0.2) is 0 Å². The SMILES string of the molecule is O=C(O)c1ccc2cc(-c3ccc(F)cc3)c(N3CCCc4cc(Br)ccc43)cc2n1. The summed E-state index contributed by atoms with van der Waals surface area (Å²) in [5.74, 6) is -1.34. The summed E-state index contributed by atoms with van der Waals surface area (Å²) in [4.78, 5) is 18.0. The number of aromatic carboxylic acids is 1. The number of nitrogens with zero attached hydrogens (tertiary/aromatic N) is 2. The first-order valence-electron chi connectivity index (χ1n) is 9.99. The van der Waals surface area contributed by atoms with Crippen LogP contribution in [0.15, 0.2) is 71.2 Å². The molecule has 154 valence electrons. The maximum absolute atomic E-state index is 13.6. The van der Waals surface area contributed by atoms with Crippen molar-refractivity contribution < 1.29 is 14.3 Å². The Morgan fingerprint density at radius 3 is 2.58 bits per heavy atom. The predicted molar refractivity (Wildman–Crippen MR) is 124 cm³/mol. The summed E-state index contributed by atoms with van der Waals surface area (Å²) in [6.07, 6.45) is 1.99. The van der Waals surface area contributed by atoms with Crippen molar-refractivity contribution >= 4 is 44.2 Å². The maximum atomic E-state index is 13.6. The zero-order valence-electron chi connectivity index (χ0n) is 16.5. The molecular formula is C25H18BrFN2O2. The van der Waals surface area contributed by atoms with E-state index < -0.39 is 5.97 Å². The van der Waals surface area contributed by atoms with Crippen molar-refractivity contribution in [3.05, 3.63) is 88.3 Å². The summed E-state index contributed by atoms with van der Waals surface area (Å²) in [5, 5.41) is 10.2. The van der Waals surface area contributed by atoms with Crippen LogP contribution < -0.4 is 4.90 Å². The number of aromatic nitrogens is 1. The Bertz CT molecular complexity index is 1320. The first-order chi connectivity index (χ1) is 15.0. The van der Waals surface area contributed by atoms with Crippen molar-refractivity contribution in [2.45, 2.75) is 12.8 Å². The number of carboxylic acids is 1. The molecule has 0 aliphatic carbocycles. The van der Waals surface area contributed by atoms with Crippen LogP contribution in [0.4, 0.5) is 15.8 Å². The molecule has 0 spiro atoms. The Balaban J connectivity index is 1.76. The molecule has 1 aromatic heterocycles. The second-order valence-corrected chi connectivity index (χ2v) is 8.51. The molecule has 31 heavy (non-hydrogen) atoms. The standard InChI is InChI=1S/C25H18BrFN2O2/c26-18-6-10-23-17(12-18)2-1-11-29(23)24-14-22-16(5-9-21(28-22)25(30)31)13-20(24)15-3-7-19(27)8-4-15/h3-10,12-14H,1-2,11H2,(H,30,31). The molecule has 1 aliphatic heterocycles. The molecule has 0 radical (unpaired) electrons. The van der Waals surface area contributed by atoms with Gasteiger partial charge in [0, 0.05) is 27.7 Å². The third-order valence-corrected chi connectivity index (χ3v) is 6.13. The van der Waals surface area contributed by atoms with E-state index in [1.54, 1.807) is 18.2 Å². The summed E-state index contributed by atoms with van der Waals surface area (Å²) in [6, 6.07) is 19.9. The number of carboxylic acid groups (broad SMARTS) is 1. The smallest absolute Gasteiger partial charge is 0.354 e. The second-order valence-electron chi connectivity index (χ2n) is 7.60. The zero-order valence-corrected chi connectivity index (χ0v) is 18.1. The monoisotopic (exact) mass is 476 g/mol. The molecule has 0 unspecified atom stereocenters. The van der Waals surface area contributed by atoms with E-state index in [4.69, 9.17) is 0 Å². The van der Waals surface area contributed by atoms with Crippen LogP contribution in [0.3, 0.4) is 0 Å². The minimum Gasteiger partial charge on any atom is -0.477 e. The average molecular weight is 477 g/mol. The van der Waals surface area contributed by atoms with Crippen molar-refractivity contribution in [3.8, 4) is 11.1 Å². The fraction of sp³-hybridized carbons (Fsp3) is 0.120. The number of hydrogen-bond donors (Lipinski definition) is 1. The summed E-state index contributed by atoms with van der Waals surface area (Å²) in [7, 11) is 0. The first kappa shape index (κ1) is 19.7. The maximum Gasteiger partial charge on any atom is 0.354 e. The molecule has 4 nitrogen and oxygen atoms in total. The van der Waals surface area contributed by atoms with Gasteiger partial charge in [-0.1, -0.05) is 34.1 Å². The molecule has 2 heterocycles. The van der Waals surface area contributed by atoms with Gasteiger partial charge in [0.2, 0.25) is 0 Å². The molecule has 5 rings (SSSR count). The lowest BCUT2D eigenvalue weighted by Gasteiger charge is -2.33. The number of rotatable bonds is 3. The Labute approximate surface area is 187 Å². The molecule has 0 amide bonds. The molecule has 3 aromatic carbocycles. The second kappa shape index (κ2) is 7.78. The van der Waals surface area contributed by atoms with Crippen LogP contribution in [0.1, 0.15) is 22.5 Å². The molecule has 0 saturated carbocycles. The third-order valence-electron chi connectivity index (χ3n) is 5.63. The quantitative estimate of drug-likeness (QED) is 0.362. The average Bonchev–Trinajstić information content (AvgIpc) is 2.77. The van der Waals surface area contributed by atoms with Crippen LogP contribution in [-0.4, -0.2) is 22.6 Å². The normalized spacial score (nSPS) is 13.3. The minimum atomic E-state index is -1.06. The van der Waals surface area contributed by atoms with Crippen LogP contribution in [0.2, 0.25) is 0 Å². The van der Waals surface area contributed by atoms with E-state index in [1.165, 1.54) is 23.8 Å². The van der Waals surface area contributed by atoms with E-state index in [-0.39, 0.29) is 11.5 Å². The number of carbonyl (C=O) groups is 1. The van der Waals surface area contributed by atoms with Gasteiger partial charge < -0.3 is 10.0 Å². The number of anilines is 2. The Hall–Kier alpha value is -3.25. The van der Waals surface area contributed by atoms with Gasteiger partial charge >= 0.3 is 5.97 Å².